The second-order valence-corrected chi connectivity index (χ2v) is 4.63. The van der Waals surface area contributed by atoms with Gasteiger partial charge in [0.2, 0.25) is 0 Å². The first-order chi connectivity index (χ1) is 5.59. The van der Waals surface area contributed by atoms with Crippen molar-refractivity contribution in [2.45, 2.75) is 13.0 Å². The van der Waals surface area contributed by atoms with Gasteiger partial charge in [-0.05, 0) is 19.1 Å². The standard InChI is InChI=1S/C8H13ClN2S/c1-6(10-11(2)3)7-4-5-8(9)12-7/h4-6,10H,1-3H3. The third-order valence-corrected chi connectivity index (χ3v) is 2.89. The van der Waals surface area contributed by atoms with Crippen molar-refractivity contribution in [3.8, 4) is 0 Å². The molecule has 0 fully saturated rings. The molecule has 0 bridgehead atoms. The van der Waals surface area contributed by atoms with Gasteiger partial charge in [-0.2, -0.15) is 0 Å². The maximum absolute atomic E-state index is 5.82. The van der Waals surface area contributed by atoms with Crippen LogP contribution in [0.2, 0.25) is 4.34 Å². The summed E-state index contributed by atoms with van der Waals surface area (Å²) in [4.78, 5) is 1.26. The Balaban J connectivity index is 2.58. The van der Waals surface area contributed by atoms with E-state index in [9.17, 15) is 0 Å². The van der Waals surface area contributed by atoms with Crippen LogP contribution in [0.5, 0.6) is 0 Å². The highest BCUT2D eigenvalue weighted by atomic mass is 35.5. The van der Waals surface area contributed by atoms with Gasteiger partial charge in [-0.25, -0.2) is 5.43 Å². The number of hydrazine groups is 1. The molecule has 1 rings (SSSR count). The molecule has 0 aliphatic rings. The minimum atomic E-state index is 0.331. The zero-order chi connectivity index (χ0) is 9.14. The molecule has 1 heterocycles. The molecule has 0 aliphatic carbocycles. The molecule has 2 nitrogen and oxygen atoms in total. The maximum atomic E-state index is 5.82. The summed E-state index contributed by atoms with van der Waals surface area (Å²) in [6, 6.07) is 4.31. The summed E-state index contributed by atoms with van der Waals surface area (Å²) in [5.41, 5.74) is 3.26. The molecule has 0 saturated carbocycles. The van der Waals surface area contributed by atoms with Crippen LogP contribution in [0, 0.1) is 0 Å². The summed E-state index contributed by atoms with van der Waals surface area (Å²) in [6.07, 6.45) is 0. The van der Waals surface area contributed by atoms with Crippen molar-refractivity contribution >= 4 is 22.9 Å². The van der Waals surface area contributed by atoms with E-state index >= 15 is 0 Å². The predicted molar refractivity (Wildman–Crippen MR) is 54.6 cm³/mol. The van der Waals surface area contributed by atoms with Gasteiger partial charge in [0.25, 0.3) is 0 Å². The zero-order valence-electron chi connectivity index (χ0n) is 7.47. The highest BCUT2D eigenvalue weighted by molar-refractivity contribution is 7.16. The number of hydrogen-bond donors (Lipinski definition) is 1. The summed E-state index contributed by atoms with van der Waals surface area (Å²) in [6.45, 7) is 2.11. The summed E-state index contributed by atoms with van der Waals surface area (Å²) >= 11 is 7.43. The summed E-state index contributed by atoms with van der Waals surface area (Å²) in [5, 5.41) is 1.94. The lowest BCUT2D eigenvalue weighted by Gasteiger charge is -2.17. The molecule has 1 aromatic heterocycles. The van der Waals surface area contributed by atoms with Crippen molar-refractivity contribution < 1.29 is 0 Å². The van der Waals surface area contributed by atoms with Gasteiger partial charge in [-0.3, -0.25) is 5.01 Å². The number of thiophene rings is 1. The normalized spacial score (nSPS) is 13.8. The van der Waals surface area contributed by atoms with E-state index in [1.807, 2.05) is 31.2 Å². The highest BCUT2D eigenvalue weighted by Gasteiger charge is 2.07. The molecule has 68 valence electrons. The smallest absolute Gasteiger partial charge is 0.0931 e. The van der Waals surface area contributed by atoms with Gasteiger partial charge < -0.3 is 0 Å². The van der Waals surface area contributed by atoms with Gasteiger partial charge >= 0.3 is 0 Å². The van der Waals surface area contributed by atoms with Gasteiger partial charge in [-0.15, -0.1) is 11.3 Å². The highest BCUT2D eigenvalue weighted by Crippen LogP contribution is 2.26. The van der Waals surface area contributed by atoms with Crippen LogP contribution in [0.4, 0.5) is 0 Å². The van der Waals surface area contributed by atoms with Crippen LogP contribution in [0.15, 0.2) is 12.1 Å². The van der Waals surface area contributed by atoms with Gasteiger partial charge in [0, 0.05) is 19.0 Å². The molecule has 1 N–H and O–H groups in total. The first kappa shape index (κ1) is 9.99. The van der Waals surface area contributed by atoms with Crippen molar-refractivity contribution in [3.05, 3.63) is 21.3 Å². The molecule has 0 radical (unpaired) electrons. The first-order valence-electron chi connectivity index (χ1n) is 3.78. The molecule has 4 heteroatoms. The van der Waals surface area contributed by atoms with Crippen molar-refractivity contribution in [2.24, 2.45) is 0 Å². The van der Waals surface area contributed by atoms with Crippen molar-refractivity contribution in [1.29, 1.82) is 0 Å². The number of nitrogens with zero attached hydrogens (tertiary/aromatic N) is 1. The molecule has 0 spiro atoms. The van der Waals surface area contributed by atoms with E-state index in [0.29, 0.717) is 6.04 Å². The lowest BCUT2D eigenvalue weighted by Crippen LogP contribution is -2.32. The lowest BCUT2D eigenvalue weighted by molar-refractivity contribution is 0.254. The summed E-state index contributed by atoms with van der Waals surface area (Å²) in [5.74, 6) is 0. The minimum Gasteiger partial charge on any atom is -0.250 e. The predicted octanol–water partition coefficient (Wildman–Crippen LogP) is 2.53. The van der Waals surface area contributed by atoms with E-state index in [4.69, 9.17) is 11.6 Å². The molecule has 12 heavy (non-hydrogen) atoms. The Kier molecular flexibility index (Phi) is 3.53. The zero-order valence-corrected chi connectivity index (χ0v) is 9.04. The SMILES string of the molecule is CC(NN(C)C)c1ccc(Cl)s1. The molecule has 0 aliphatic heterocycles. The molecule has 1 atom stereocenters. The third-order valence-electron chi connectivity index (χ3n) is 1.47. The fourth-order valence-corrected chi connectivity index (χ4v) is 2.07. The quantitative estimate of drug-likeness (QED) is 0.762. The Morgan fingerprint density at radius 3 is 2.58 bits per heavy atom. The second kappa shape index (κ2) is 4.23. The monoisotopic (exact) mass is 204 g/mol. The average Bonchev–Trinajstić information content (AvgIpc) is 2.34. The molecule has 1 aromatic rings. The maximum Gasteiger partial charge on any atom is 0.0931 e. The Labute approximate surface area is 82.1 Å². The van der Waals surface area contributed by atoms with E-state index in [1.165, 1.54) is 4.88 Å². The van der Waals surface area contributed by atoms with E-state index in [1.54, 1.807) is 11.3 Å². The molecular formula is C8H13ClN2S. The average molecular weight is 205 g/mol. The molecular weight excluding hydrogens is 192 g/mol. The number of nitrogens with one attached hydrogen (secondary N) is 1. The molecule has 0 aromatic carbocycles. The van der Waals surface area contributed by atoms with Crippen LogP contribution in [0.25, 0.3) is 0 Å². The first-order valence-corrected chi connectivity index (χ1v) is 4.98. The molecule has 1 unspecified atom stereocenters. The van der Waals surface area contributed by atoms with Gasteiger partial charge in [0.1, 0.15) is 0 Å². The summed E-state index contributed by atoms with van der Waals surface area (Å²) < 4.78 is 0.845. The van der Waals surface area contributed by atoms with E-state index in [-0.39, 0.29) is 0 Å². The van der Waals surface area contributed by atoms with Crippen LogP contribution in [0.1, 0.15) is 17.8 Å². The van der Waals surface area contributed by atoms with Crippen LogP contribution in [-0.2, 0) is 0 Å². The third kappa shape index (κ3) is 2.75. The number of halogens is 1. The Bertz CT molecular complexity index is 247. The lowest BCUT2D eigenvalue weighted by atomic mass is 10.3. The fourth-order valence-electron chi connectivity index (χ4n) is 1.01. The molecule has 0 saturated heterocycles. The van der Waals surface area contributed by atoms with Gasteiger partial charge in [0.05, 0.1) is 10.4 Å². The molecule has 0 amide bonds. The fraction of sp³-hybridized carbons (Fsp3) is 0.500. The van der Waals surface area contributed by atoms with E-state index in [2.05, 4.69) is 12.3 Å². The number of hydrogen-bond acceptors (Lipinski definition) is 3. The Morgan fingerprint density at radius 1 is 1.50 bits per heavy atom. The van der Waals surface area contributed by atoms with Crippen molar-refractivity contribution in [1.82, 2.24) is 10.4 Å². The minimum absolute atomic E-state index is 0.331. The Hall–Kier alpha value is -0.0900. The van der Waals surface area contributed by atoms with Crippen molar-refractivity contribution in [3.63, 3.8) is 0 Å². The largest absolute Gasteiger partial charge is 0.250 e. The second-order valence-electron chi connectivity index (χ2n) is 2.89. The van der Waals surface area contributed by atoms with E-state index < -0.39 is 0 Å². The van der Waals surface area contributed by atoms with Crippen LogP contribution in [-0.4, -0.2) is 19.1 Å². The Morgan fingerprint density at radius 2 is 2.17 bits per heavy atom. The van der Waals surface area contributed by atoms with Crippen LogP contribution >= 0.6 is 22.9 Å². The van der Waals surface area contributed by atoms with Gasteiger partial charge in [0.15, 0.2) is 0 Å². The van der Waals surface area contributed by atoms with Crippen molar-refractivity contribution in [2.75, 3.05) is 14.1 Å². The van der Waals surface area contributed by atoms with Gasteiger partial charge in [-0.1, -0.05) is 11.6 Å². The van der Waals surface area contributed by atoms with Crippen LogP contribution < -0.4 is 5.43 Å². The van der Waals surface area contributed by atoms with E-state index in [0.717, 1.165) is 4.34 Å². The summed E-state index contributed by atoms with van der Waals surface area (Å²) in [7, 11) is 3.96. The topological polar surface area (TPSA) is 15.3 Å². The number of rotatable bonds is 3. The van der Waals surface area contributed by atoms with Crippen LogP contribution in [0.3, 0.4) is 0 Å².